The number of anilines is 3. The van der Waals surface area contributed by atoms with E-state index in [0.29, 0.717) is 23.9 Å². The molecule has 0 atom stereocenters. The van der Waals surface area contributed by atoms with Crippen molar-refractivity contribution in [2.24, 2.45) is 0 Å². The van der Waals surface area contributed by atoms with E-state index < -0.39 is 11.7 Å². The summed E-state index contributed by atoms with van der Waals surface area (Å²) in [6.45, 7) is 2.43. The SMILES string of the molecule is CCOc1ccccc1Nc1cc(C(=O)Nc2cccc(F)c2)ncn1. The lowest BCUT2D eigenvalue weighted by Crippen LogP contribution is -2.14. The van der Waals surface area contributed by atoms with Crippen molar-refractivity contribution in [3.63, 3.8) is 0 Å². The van der Waals surface area contributed by atoms with Gasteiger partial charge in [0.1, 0.15) is 29.4 Å². The third kappa shape index (κ3) is 4.32. The van der Waals surface area contributed by atoms with Gasteiger partial charge in [0.25, 0.3) is 5.91 Å². The molecule has 0 spiro atoms. The summed E-state index contributed by atoms with van der Waals surface area (Å²) < 4.78 is 18.8. The number of rotatable bonds is 6. The van der Waals surface area contributed by atoms with Crippen LogP contribution in [0, 0.1) is 5.82 Å². The zero-order chi connectivity index (χ0) is 18.4. The molecule has 1 aromatic heterocycles. The van der Waals surface area contributed by atoms with Gasteiger partial charge in [-0.15, -0.1) is 0 Å². The van der Waals surface area contributed by atoms with Gasteiger partial charge in [0, 0.05) is 11.8 Å². The molecule has 132 valence electrons. The molecule has 1 heterocycles. The van der Waals surface area contributed by atoms with Crippen LogP contribution in [0.5, 0.6) is 5.75 Å². The van der Waals surface area contributed by atoms with Crippen molar-refractivity contribution in [2.75, 3.05) is 17.2 Å². The van der Waals surface area contributed by atoms with E-state index in [9.17, 15) is 9.18 Å². The molecule has 0 aliphatic heterocycles. The fourth-order valence-corrected chi connectivity index (χ4v) is 2.30. The van der Waals surface area contributed by atoms with Crippen molar-refractivity contribution in [3.05, 3.63) is 72.4 Å². The molecule has 1 amide bonds. The van der Waals surface area contributed by atoms with E-state index in [4.69, 9.17) is 4.74 Å². The Morgan fingerprint density at radius 2 is 1.96 bits per heavy atom. The largest absolute Gasteiger partial charge is 0.492 e. The van der Waals surface area contributed by atoms with E-state index in [-0.39, 0.29) is 5.69 Å². The molecule has 0 aliphatic carbocycles. The predicted octanol–water partition coefficient (Wildman–Crippen LogP) is 4.01. The molecule has 0 saturated heterocycles. The highest BCUT2D eigenvalue weighted by molar-refractivity contribution is 6.03. The summed E-state index contributed by atoms with van der Waals surface area (Å²) in [7, 11) is 0. The van der Waals surface area contributed by atoms with Crippen molar-refractivity contribution in [2.45, 2.75) is 6.92 Å². The Balaban J connectivity index is 1.77. The van der Waals surface area contributed by atoms with Crippen molar-refractivity contribution < 1.29 is 13.9 Å². The van der Waals surface area contributed by atoms with E-state index >= 15 is 0 Å². The van der Waals surface area contributed by atoms with Crippen molar-refractivity contribution >= 4 is 23.1 Å². The maximum atomic E-state index is 13.2. The number of hydrogen-bond acceptors (Lipinski definition) is 5. The predicted molar refractivity (Wildman–Crippen MR) is 97.3 cm³/mol. The fraction of sp³-hybridized carbons (Fsp3) is 0.105. The lowest BCUT2D eigenvalue weighted by atomic mass is 10.2. The van der Waals surface area contributed by atoms with Gasteiger partial charge in [-0.05, 0) is 37.3 Å². The fourth-order valence-electron chi connectivity index (χ4n) is 2.30. The average molecular weight is 352 g/mol. The van der Waals surface area contributed by atoms with Crippen molar-refractivity contribution in [3.8, 4) is 5.75 Å². The molecule has 2 aromatic carbocycles. The number of benzene rings is 2. The Morgan fingerprint density at radius 3 is 2.77 bits per heavy atom. The van der Waals surface area contributed by atoms with Crippen LogP contribution >= 0.6 is 0 Å². The molecule has 3 rings (SSSR count). The van der Waals surface area contributed by atoms with Crippen LogP contribution in [0.4, 0.5) is 21.6 Å². The van der Waals surface area contributed by atoms with Crippen LogP contribution in [0.3, 0.4) is 0 Å². The van der Waals surface area contributed by atoms with Gasteiger partial charge in [-0.1, -0.05) is 18.2 Å². The summed E-state index contributed by atoms with van der Waals surface area (Å²) >= 11 is 0. The molecule has 0 saturated carbocycles. The molecule has 6 nitrogen and oxygen atoms in total. The molecule has 0 fully saturated rings. The molecule has 0 radical (unpaired) electrons. The summed E-state index contributed by atoms with van der Waals surface area (Å²) in [5, 5.41) is 5.71. The maximum absolute atomic E-state index is 13.2. The number of nitrogens with one attached hydrogen (secondary N) is 2. The summed E-state index contributed by atoms with van der Waals surface area (Å²) in [5.41, 5.74) is 1.23. The number of hydrogen-bond donors (Lipinski definition) is 2. The Morgan fingerprint density at radius 1 is 1.12 bits per heavy atom. The first-order valence-electron chi connectivity index (χ1n) is 8.03. The summed E-state index contributed by atoms with van der Waals surface area (Å²) in [6, 6.07) is 14.6. The van der Waals surface area contributed by atoms with Gasteiger partial charge >= 0.3 is 0 Å². The van der Waals surface area contributed by atoms with Gasteiger partial charge in [-0.2, -0.15) is 0 Å². The second kappa shape index (κ2) is 8.06. The summed E-state index contributed by atoms with van der Waals surface area (Å²) in [5.74, 6) is 0.232. The molecule has 0 aliphatic rings. The number of amides is 1. The monoisotopic (exact) mass is 352 g/mol. The first-order valence-corrected chi connectivity index (χ1v) is 8.03. The van der Waals surface area contributed by atoms with Gasteiger partial charge in [0.15, 0.2) is 0 Å². The molecular formula is C19H17FN4O2. The zero-order valence-electron chi connectivity index (χ0n) is 14.1. The van der Waals surface area contributed by atoms with E-state index in [2.05, 4.69) is 20.6 Å². The van der Waals surface area contributed by atoms with Crippen LogP contribution in [0.25, 0.3) is 0 Å². The van der Waals surface area contributed by atoms with E-state index in [0.717, 1.165) is 5.69 Å². The van der Waals surface area contributed by atoms with Crippen LogP contribution in [-0.2, 0) is 0 Å². The summed E-state index contributed by atoms with van der Waals surface area (Å²) in [4.78, 5) is 20.4. The van der Waals surface area contributed by atoms with Crippen molar-refractivity contribution in [1.29, 1.82) is 0 Å². The number of aromatic nitrogens is 2. The zero-order valence-corrected chi connectivity index (χ0v) is 14.1. The topological polar surface area (TPSA) is 76.1 Å². The quantitative estimate of drug-likeness (QED) is 0.701. The highest BCUT2D eigenvalue weighted by Gasteiger charge is 2.11. The number of halogens is 1. The Labute approximate surface area is 150 Å². The Bertz CT molecular complexity index is 917. The molecule has 26 heavy (non-hydrogen) atoms. The van der Waals surface area contributed by atoms with Crippen LogP contribution in [0.1, 0.15) is 17.4 Å². The highest BCUT2D eigenvalue weighted by Crippen LogP contribution is 2.26. The lowest BCUT2D eigenvalue weighted by Gasteiger charge is -2.12. The van der Waals surface area contributed by atoms with Gasteiger partial charge < -0.3 is 15.4 Å². The molecule has 2 N–H and O–H groups in total. The van der Waals surface area contributed by atoms with Crippen LogP contribution in [0.2, 0.25) is 0 Å². The smallest absolute Gasteiger partial charge is 0.274 e. The normalized spacial score (nSPS) is 10.2. The number of nitrogens with zero attached hydrogens (tertiary/aromatic N) is 2. The second-order valence-electron chi connectivity index (χ2n) is 5.31. The first-order chi connectivity index (χ1) is 12.7. The third-order valence-corrected chi connectivity index (χ3v) is 3.43. The lowest BCUT2D eigenvalue weighted by molar-refractivity contribution is 0.102. The van der Waals surface area contributed by atoms with Gasteiger partial charge in [0.2, 0.25) is 0 Å². The van der Waals surface area contributed by atoms with Gasteiger partial charge in [-0.25, -0.2) is 14.4 Å². The van der Waals surface area contributed by atoms with E-state index in [1.807, 2.05) is 31.2 Å². The molecular weight excluding hydrogens is 335 g/mol. The van der Waals surface area contributed by atoms with E-state index in [1.165, 1.54) is 30.6 Å². The molecule has 3 aromatic rings. The highest BCUT2D eigenvalue weighted by atomic mass is 19.1. The van der Waals surface area contributed by atoms with Gasteiger partial charge in [0.05, 0.1) is 12.3 Å². The second-order valence-corrected chi connectivity index (χ2v) is 5.31. The molecule has 0 bridgehead atoms. The van der Waals surface area contributed by atoms with Crippen LogP contribution in [0.15, 0.2) is 60.9 Å². The number of ether oxygens (including phenoxy) is 1. The average Bonchev–Trinajstić information content (AvgIpc) is 2.64. The Hall–Kier alpha value is -3.48. The number of carbonyl (C=O) groups is 1. The van der Waals surface area contributed by atoms with Gasteiger partial charge in [-0.3, -0.25) is 4.79 Å². The van der Waals surface area contributed by atoms with Crippen LogP contribution < -0.4 is 15.4 Å². The number of para-hydroxylation sites is 2. The first kappa shape index (κ1) is 17.3. The number of carbonyl (C=O) groups excluding carboxylic acids is 1. The van der Waals surface area contributed by atoms with Crippen molar-refractivity contribution in [1.82, 2.24) is 9.97 Å². The molecule has 7 heteroatoms. The summed E-state index contributed by atoms with van der Waals surface area (Å²) in [6.07, 6.45) is 1.28. The third-order valence-electron chi connectivity index (χ3n) is 3.43. The standard InChI is InChI=1S/C19H17FN4O2/c1-2-26-17-9-4-3-8-15(17)24-18-11-16(21-12-22-18)19(25)23-14-7-5-6-13(20)10-14/h3-12H,2H2,1H3,(H,23,25)(H,21,22,24). The Kier molecular flexibility index (Phi) is 5.38. The minimum atomic E-state index is -0.459. The van der Waals surface area contributed by atoms with Crippen LogP contribution in [-0.4, -0.2) is 22.5 Å². The maximum Gasteiger partial charge on any atom is 0.274 e. The van der Waals surface area contributed by atoms with E-state index in [1.54, 1.807) is 6.07 Å². The molecule has 0 unspecified atom stereocenters. The minimum Gasteiger partial charge on any atom is -0.492 e. The minimum absolute atomic E-state index is 0.153.